The Bertz CT molecular complexity index is 557. The fourth-order valence-corrected chi connectivity index (χ4v) is 2.78. The van der Waals surface area contributed by atoms with Gasteiger partial charge in [-0.25, -0.2) is 4.79 Å². The van der Waals surface area contributed by atoms with Crippen molar-refractivity contribution < 1.29 is 9.59 Å². The van der Waals surface area contributed by atoms with Gasteiger partial charge in [-0.2, -0.15) is 0 Å². The van der Waals surface area contributed by atoms with Crippen molar-refractivity contribution in [3.05, 3.63) is 29.3 Å². The van der Waals surface area contributed by atoms with Crippen LogP contribution in [0.5, 0.6) is 0 Å². The molecule has 5 heteroatoms. The highest BCUT2D eigenvalue weighted by Crippen LogP contribution is 2.18. The minimum atomic E-state index is -0.469. The number of aryl methyl sites for hydroxylation is 1. The van der Waals surface area contributed by atoms with Crippen molar-refractivity contribution >= 4 is 17.6 Å². The van der Waals surface area contributed by atoms with E-state index in [2.05, 4.69) is 22.5 Å². The molecule has 2 N–H and O–H groups in total. The van der Waals surface area contributed by atoms with Crippen LogP contribution in [-0.2, 0) is 4.79 Å². The topological polar surface area (TPSA) is 61.4 Å². The molecule has 2 rings (SSSR count). The monoisotopic (exact) mass is 303 g/mol. The number of anilines is 1. The van der Waals surface area contributed by atoms with Gasteiger partial charge in [-0.1, -0.05) is 18.6 Å². The van der Waals surface area contributed by atoms with Gasteiger partial charge in [-0.05, 0) is 57.4 Å². The average Bonchev–Trinajstić information content (AvgIpc) is 2.46. The van der Waals surface area contributed by atoms with Crippen molar-refractivity contribution in [1.82, 2.24) is 10.2 Å². The molecule has 0 radical (unpaired) electrons. The molecule has 120 valence electrons. The normalized spacial score (nSPS) is 18.8. The van der Waals surface area contributed by atoms with E-state index < -0.39 is 6.03 Å². The molecule has 1 aliphatic heterocycles. The van der Waals surface area contributed by atoms with Crippen molar-refractivity contribution in [2.24, 2.45) is 0 Å². The van der Waals surface area contributed by atoms with Crippen LogP contribution in [0.25, 0.3) is 0 Å². The first-order valence-corrected chi connectivity index (χ1v) is 7.88. The van der Waals surface area contributed by atoms with Gasteiger partial charge in [0.15, 0.2) is 0 Å². The number of imide groups is 1. The SMILES string of the molecule is Cc1cccc(NC(=O)NC(=O)CN2CCCC[C@@H]2C)c1C. The van der Waals surface area contributed by atoms with Crippen molar-refractivity contribution in [1.29, 1.82) is 0 Å². The van der Waals surface area contributed by atoms with Gasteiger partial charge < -0.3 is 5.32 Å². The third-order valence-corrected chi connectivity index (χ3v) is 4.39. The molecular formula is C17H25N3O2. The number of benzene rings is 1. The first-order valence-electron chi connectivity index (χ1n) is 7.88. The number of amides is 3. The van der Waals surface area contributed by atoms with Gasteiger partial charge in [-0.15, -0.1) is 0 Å². The zero-order valence-corrected chi connectivity index (χ0v) is 13.6. The molecule has 1 saturated heterocycles. The molecule has 0 aliphatic carbocycles. The highest BCUT2D eigenvalue weighted by molar-refractivity contribution is 6.02. The summed E-state index contributed by atoms with van der Waals surface area (Å²) in [6.45, 7) is 7.26. The lowest BCUT2D eigenvalue weighted by Gasteiger charge is -2.32. The predicted octanol–water partition coefficient (Wildman–Crippen LogP) is 2.83. The molecule has 1 aromatic carbocycles. The summed E-state index contributed by atoms with van der Waals surface area (Å²) < 4.78 is 0. The van der Waals surface area contributed by atoms with Crippen molar-refractivity contribution in [2.45, 2.75) is 46.1 Å². The summed E-state index contributed by atoms with van der Waals surface area (Å²) in [6, 6.07) is 5.64. The lowest BCUT2D eigenvalue weighted by Crippen LogP contribution is -2.46. The third kappa shape index (κ3) is 4.31. The average molecular weight is 303 g/mol. The van der Waals surface area contributed by atoms with Crippen LogP contribution >= 0.6 is 0 Å². The molecule has 0 bridgehead atoms. The van der Waals surface area contributed by atoms with E-state index >= 15 is 0 Å². The maximum atomic E-state index is 12.0. The Morgan fingerprint density at radius 3 is 2.77 bits per heavy atom. The molecule has 1 aliphatic rings. The number of urea groups is 1. The molecule has 1 aromatic rings. The molecule has 1 atom stereocenters. The number of nitrogens with one attached hydrogen (secondary N) is 2. The number of rotatable bonds is 3. The van der Waals surface area contributed by atoms with Crippen LogP contribution < -0.4 is 10.6 Å². The Hall–Kier alpha value is -1.88. The lowest BCUT2D eigenvalue weighted by atomic mass is 10.0. The molecule has 0 spiro atoms. The molecule has 22 heavy (non-hydrogen) atoms. The van der Waals surface area contributed by atoms with Crippen LogP contribution in [0.15, 0.2) is 18.2 Å². The maximum Gasteiger partial charge on any atom is 0.325 e. The number of piperidine rings is 1. The summed E-state index contributed by atoms with van der Waals surface area (Å²) >= 11 is 0. The summed E-state index contributed by atoms with van der Waals surface area (Å²) in [7, 11) is 0. The molecule has 3 amide bonds. The van der Waals surface area contributed by atoms with E-state index in [4.69, 9.17) is 0 Å². The second kappa shape index (κ2) is 7.40. The smallest absolute Gasteiger partial charge is 0.307 e. The summed E-state index contributed by atoms with van der Waals surface area (Å²) in [5.41, 5.74) is 2.85. The number of carbonyl (C=O) groups excluding carboxylic acids is 2. The molecule has 5 nitrogen and oxygen atoms in total. The van der Waals surface area contributed by atoms with Crippen molar-refractivity contribution in [3.63, 3.8) is 0 Å². The number of carbonyl (C=O) groups is 2. The maximum absolute atomic E-state index is 12.0. The van der Waals surface area contributed by atoms with Crippen LogP contribution in [0.4, 0.5) is 10.5 Å². The number of hydrogen-bond donors (Lipinski definition) is 2. The molecule has 0 saturated carbocycles. The quantitative estimate of drug-likeness (QED) is 0.902. The number of hydrogen-bond acceptors (Lipinski definition) is 3. The highest BCUT2D eigenvalue weighted by Gasteiger charge is 2.21. The predicted molar refractivity (Wildman–Crippen MR) is 88.0 cm³/mol. The fraction of sp³-hybridized carbons (Fsp3) is 0.529. The van der Waals surface area contributed by atoms with Gasteiger partial charge in [0.2, 0.25) is 5.91 Å². The second-order valence-corrected chi connectivity index (χ2v) is 6.07. The fourth-order valence-electron chi connectivity index (χ4n) is 2.78. The third-order valence-electron chi connectivity index (χ3n) is 4.39. The van der Waals surface area contributed by atoms with Gasteiger partial charge in [0.05, 0.1) is 6.54 Å². The summed E-state index contributed by atoms with van der Waals surface area (Å²) in [5, 5.41) is 5.15. The largest absolute Gasteiger partial charge is 0.325 e. The Morgan fingerprint density at radius 2 is 2.05 bits per heavy atom. The van der Waals surface area contributed by atoms with Crippen LogP contribution in [0.1, 0.15) is 37.3 Å². The van der Waals surface area contributed by atoms with E-state index in [1.54, 1.807) is 0 Å². The standard InChI is InChI=1S/C17H25N3O2/c1-12-7-6-9-15(14(12)3)18-17(22)19-16(21)11-20-10-5-4-8-13(20)2/h6-7,9,13H,4-5,8,10-11H2,1-3H3,(H2,18,19,21,22)/t13-/m0/s1. The van der Waals surface area contributed by atoms with Gasteiger partial charge in [0.1, 0.15) is 0 Å². The minimum Gasteiger partial charge on any atom is -0.307 e. The van der Waals surface area contributed by atoms with Gasteiger partial charge in [0, 0.05) is 11.7 Å². The molecule has 0 aromatic heterocycles. The van der Waals surface area contributed by atoms with Gasteiger partial charge in [0.25, 0.3) is 0 Å². The highest BCUT2D eigenvalue weighted by atomic mass is 16.2. The summed E-state index contributed by atoms with van der Waals surface area (Å²) in [6.07, 6.45) is 3.45. The summed E-state index contributed by atoms with van der Waals surface area (Å²) in [4.78, 5) is 26.1. The first kappa shape index (κ1) is 16.5. The zero-order chi connectivity index (χ0) is 16.1. The van der Waals surface area contributed by atoms with E-state index in [-0.39, 0.29) is 12.5 Å². The van der Waals surface area contributed by atoms with E-state index in [9.17, 15) is 9.59 Å². The van der Waals surface area contributed by atoms with Crippen LogP contribution in [0, 0.1) is 13.8 Å². The Morgan fingerprint density at radius 1 is 1.27 bits per heavy atom. The van der Waals surface area contributed by atoms with Crippen LogP contribution in [0.3, 0.4) is 0 Å². The molecule has 0 unspecified atom stereocenters. The van der Waals surface area contributed by atoms with Gasteiger partial charge >= 0.3 is 6.03 Å². The molecule has 1 heterocycles. The molecular weight excluding hydrogens is 278 g/mol. The first-order chi connectivity index (χ1) is 10.5. The summed E-state index contributed by atoms with van der Waals surface area (Å²) in [5.74, 6) is -0.253. The Kier molecular flexibility index (Phi) is 5.55. The van der Waals surface area contributed by atoms with Crippen molar-refractivity contribution in [3.8, 4) is 0 Å². The molecule has 1 fully saturated rings. The number of nitrogens with zero attached hydrogens (tertiary/aromatic N) is 1. The number of likely N-dealkylation sites (tertiary alicyclic amines) is 1. The lowest BCUT2D eigenvalue weighted by molar-refractivity contribution is -0.121. The zero-order valence-electron chi connectivity index (χ0n) is 13.6. The van der Waals surface area contributed by atoms with E-state index in [1.807, 2.05) is 32.0 Å². The van der Waals surface area contributed by atoms with Crippen LogP contribution in [0.2, 0.25) is 0 Å². The van der Waals surface area contributed by atoms with Gasteiger partial charge in [-0.3, -0.25) is 15.0 Å². The van der Waals surface area contributed by atoms with E-state index in [1.165, 1.54) is 6.42 Å². The van der Waals surface area contributed by atoms with E-state index in [0.29, 0.717) is 6.04 Å². The minimum absolute atomic E-state index is 0.253. The van der Waals surface area contributed by atoms with Crippen LogP contribution in [-0.4, -0.2) is 36.0 Å². The second-order valence-electron chi connectivity index (χ2n) is 6.07. The van der Waals surface area contributed by atoms with Crippen molar-refractivity contribution in [2.75, 3.05) is 18.4 Å². The van der Waals surface area contributed by atoms with E-state index in [0.717, 1.165) is 36.2 Å². The Balaban J connectivity index is 1.86. The Labute approximate surface area is 132 Å².